The molecular weight excluding hydrogens is 200 g/mol. The Morgan fingerprint density at radius 1 is 1.13 bits per heavy atom. The van der Waals surface area contributed by atoms with E-state index in [2.05, 4.69) is 6.58 Å². The van der Waals surface area contributed by atoms with E-state index in [9.17, 15) is 4.79 Å². The summed E-state index contributed by atoms with van der Waals surface area (Å²) in [5.74, 6) is -0.957. The Kier molecular flexibility index (Phi) is 9.05. The molecule has 0 amide bonds. The van der Waals surface area contributed by atoms with Crippen molar-refractivity contribution in [3.05, 3.63) is 12.2 Å². The van der Waals surface area contributed by atoms with Gasteiger partial charge in [0.2, 0.25) is 0 Å². The average molecular weight is 218 g/mol. The van der Waals surface area contributed by atoms with Crippen molar-refractivity contribution >= 4 is 5.97 Å². The Hall–Kier alpha value is -0.910. The molecule has 0 spiro atoms. The SMILES string of the molecule is C=C(CCCOCCOCCO)C(=O)O. The molecule has 0 aromatic carbocycles. The Morgan fingerprint density at radius 3 is 2.27 bits per heavy atom. The third-order valence-electron chi connectivity index (χ3n) is 1.68. The summed E-state index contributed by atoms with van der Waals surface area (Å²) in [4.78, 5) is 10.4. The van der Waals surface area contributed by atoms with Crippen molar-refractivity contribution in [2.24, 2.45) is 0 Å². The molecule has 0 aromatic rings. The lowest BCUT2D eigenvalue weighted by atomic mass is 10.2. The van der Waals surface area contributed by atoms with Crippen molar-refractivity contribution in [2.75, 3.05) is 33.0 Å². The number of rotatable bonds is 10. The Morgan fingerprint density at radius 2 is 1.73 bits per heavy atom. The molecule has 0 unspecified atom stereocenters. The predicted octanol–water partition coefficient (Wildman–Crippen LogP) is 0.433. The van der Waals surface area contributed by atoms with Crippen LogP contribution in [0.15, 0.2) is 12.2 Å². The van der Waals surface area contributed by atoms with Gasteiger partial charge in [0.25, 0.3) is 0 Å². The molecule has 5 heteroatoms. The number of ether oxygens (including phenoxy) is 2. The van der Waals surface area contributed by atoms with Crippen molar-refractivity contribution in [1.29, 1.82) is 0 Å². The van der Waals surface area contributed by atoms with Crippen molar-refractivity contribution in [2.45, 2.75) is 12.8 Å². The van der Waals surface area contributed by atoms with Crippen molar-refractivity contribution in [3.8, 4) is 0 Å². The predicted molar refractivity (Wildman–Crippen MR) is 54.7 cm³/mol. The number of carboxylic acids is 1. The van der Waals surface area contributed by atoms with Gasteiger partial charge in [0.05, 0.1) is 26.4 Å². The first-order valence-electron chi connectivity index (χ1n) is 4.86. The molecular formula is C10H18O5. The zero-order valence-corrected chi connectivity index (χ0v) is 8.78. The molecule has 0 atom stereocenters. The van der Waals surface area contributed by atoms with Crippen LogP contribution in [0.2, 0.25) is 0 Å². The molecule has 0 saturated carbocycles. The minimum atomic E-state index is -0.957. The van der Waals surface area contributed by atoms with E-state index in [0.717, 1.165) is 0 Å². The van der Waals surface area contributed by atoms with Crippen LogP contribution in [-0.2, 0) is 14.3 Å². The largest absolute Gasteiger partial charge is 0.478 e. The Labute approximate surface area is 89.3 Å². The first kappa shape index (κ1) is 14.1. The number of aliphatic carboxylic acids is 1. The molecule has 0 radical (unpaired) electrons. The first-order chi connectivity index (χ1) is 7.18. The number of hydrogen-bond donors (Lipinski definition) is 2. The van der Waals surface area contributed by atoms with E-state index in [-0.39, 0.29) is 12.2 Å². The number of carboxylic acid groups (broad SMARTS) is 1. The fourth-order valence-corrected chi connectivity index (χ4v) is 0.881. The van der Waals surface area contributed by atoms with Gasteiger partial charge < -0.3 is 19.7 Å². The zero-order valence-electron chi connectivity index (χ0n) is 8.78. The summed E-state index contributed by atoms with van der Waals surface area (Å²) in [6.07, 6.45) is 1.08. The van der Waals surface area contributed by atoms with Gasteiger partial charge in [0.1, 0.15) is 0 Å². The lowest BCUT2D eigenvalue weighted by Gasteiger charge is -2.04. The third kappa shape index (κ3) is 9.40. The molecule has 0 aromatic heterocycles. The van der Waals surface area contributed by atoms with Gasteiger partial charge >= 0.3 is 5.97 Å². The second kappa shape index (κ2) is 9.64. The van der Waals surface area contributed by atoms with Gasteiger partial charge in [-0.25, -0.2) is 4.79 Å². The number of aliphatic hydroxyl groups is 1. The summed E-state index contributed by atoms with van der Waals surface area (Å²) in [5, 5.41) is 16.9. The quantitative estimate of drug-likeness (QED) is 0.411. The van der Waals surface area contributed by atoms with Crippen LogP contribution in [0.4, 0.5) is 0 Å². The molecule has 15 heavy (non-hydrogen) atoms. The summed E-state index contributed by atoms with van der Waals surface area (Å²) >= 11 is 0. The maximum atomic E-state index is 10.4. The van der Waals surface area contributed by atoms with Crippen LogP contribution in [0.1, 0.15) is 12.8 Å². The summed E-state index contributed by atoms with van der Waals surface area (Å²) in [6.45, 7) is 5.13. The first-order valence-corrected chi connectivity index (χ1v) is 4.86. The molecule has 2 N–H and O–H groups in total. The maximum Gasteiger partial charge on any atom is 0.330 e. The molecule has 0 aliphatic heterocycles. The van der Waals surface area contributed by atoms with Crippen molar-refractivity contribution in [3.63, 3.8) is 0 Å². The molecule has 88 valence electrons. The Balaban J connectivity index is 3.11. The van der Waals surface area contributed by atoms with E-state index in [0.29, 0.717) is 39.3 Å². The molecule has 0 fully saturated rings. The van der Waals surface area contributed by atoms with Crippen LogP contribution in [0.3, 0.4) is 0 Å². The summed E-state index contributed by atoms with van der Waals surface area (Å²) in [7, 11) is 0. The smallest absolute Gasteiger partial charge is 0.330 e. The number of carbonyl (C=O) groups is 1. The van der Waals surface area contributed by atoms with Crippen LogP contribution < -0.4 is 0 Å². The van der Waals surface area contributed by atoms with Crippen LogP contribution in [0, 0.1) is 0 Å². The van der Waals surface area contributed by atoms with Crippen LogP contribution >= 0.6 is 0 Å². The van der Waals surface area contributed by atoms with Gasteiger partial charge in [-0.3, -0.25) is 0 Å². The lowest BCUT2D eigenvalue weighted by molar-refractivity contribution is -0.132. The highest BCUT2D eigenvalue weighted by Crippen LogP contribution is 2.01. The highest BCUT2D eigenvalue weighted by Gasteiger charge is 2.02. The van der Waals surface area contributed by atoms with Crippen LogP contribution in [-0.4, -0.2) is 49.2 Å². The van der Waals surface area contributed by atoms with Gasteiger partial charge in [-0.05, 0) is 12.8 Å². The van der Waals surface area contributed by atoms with E-state index < -0.39 is 5.97 Å². The summed E-state index contributed by atoms with van der Waals surface area (Å²) < 4.78 is 10.1. The maximum absolute atomic E-state index is 10.4. The normalized spacial score (nSPS) is 10.2. The summed E-state index contributed by atoms with van der Waals surface area (Å²) in [5.41, 5.74) is 0.204. The molecule has 0 rings (SSSR count). The van der Waals surface area contributed by atoms with Gasteiger partial charge in [0, 0.05) is 12.2 Å². The minimum absolute atomic E-state index is 0.0123. The van der Waals surface area contributed by atoms with Gasteiger partial charge in [0.15, 0.2) is 0 Å². The topological polar surface area (TPSA) is 76.0 Å². The molecule has 0 saturated heterocycles. The van der Waals surface area contributed by atoms with Gasteiger partial charge in [-0.15, -0.1) is 0 Å². The minimum Gasteiger partial charge on any atom is -0.478 e. The summed E-state index contributed by atoms with van der Waals surface area (Å²) in [6, 6.07) is 0. The van der Waals surface area contributed by atoms with Crippen molar-refractivity contribution < 1.29 is 24.5 Å². The standard InChI is InChI=1S/C10H18O5/c1-9(10(12)13)3-2-5-14-7-8-15-6-4-11/h11H,1-8H2,(H,12,13). The lowest BCUT2D eigenvalue weighted by Crippen LogP contribution is -2.08. The second-order valence-corrected chi connectivity index (χ2v) is 2.96. The highest BCUT2D eigenvalue weighted by atomic mass is 16.5. The van der Waals surface area contributed by atoms with Gasteiger partial charge in [-0.1, -0.05) is 6.58 Å². The van der Waals surface area contributed by atoms with E-state index in [1.807, 2.05) is 0 Å². The van der Waals surface area contributed by atoms with E-state index >= 15 is 0 Å². The number of aliphatic hydroxyl groups excluding tert-OH is 1. The zero-order chi connectivity index (χ0) is 11.5. The van der Waals surface area contributed by atoms with Crippen molar-refractivity contribution in [1.82, 2.24) is 0 Å². The Bertz CT molecular complexity index is 190. The van der Waals surface area contributed by atoms with Crippen LogP contribution in [0.5, 0.6) is 0 Å². The van der Waals surface area contributed by atoms with Crippen LogP contribution in [0.25, 0.3) is 0 Å². The molecule has 0 aliphatic rings. The fourth-order valence-electron chi connectivity index (χ4n) is 0.881. The highest BCUT2D eigenvalue weighted by molar-refractivity contribution is 5.85. The molecule has 0 heterocycles. The monoisotopic (exact) mass is 218 g/mol. The second-order valence-electron chi connectivity index (χ2n) is 2.96. The van der Waals surface area contributed by atoms with E-state index in [1.165, 1.54) is 0 Å². The number of hydrogen-bond acceptors (Lipinski definition) is 4. The molecule has 0 aliphatic carbocycles. The fraction of sp³-hybridized carbons (Fsp3) is 0.700. The molecule has 0 bridgehead atoms. The van der Waals surface area contributed by atoms with Gasteiger partial charge in [-0.2, -0.15) is 0 Å². The average Bonchev–Trinajstić information content (AvgIpc) is 2.21. The third-order valence-corrected chi connectivity index (χ3v) is 1.68. The van der Waals surface area contributed by atoms with E-state index in [1.54, 1.807) is 0 Å². The van der Waals surface area contributed by atoms with E-state index in [4.69, 9.17) is 19.7 Å². The molecule has 5 nitrogen and oxygen atoms in total.